The molecule has 0 atom stereocenters. The Labute approximate surface area is 191 Å². The van der Waals surface area contributed by atoms with Crippen molar-refractivity contribution in [2.45, 2.75) is 66.2 Å². The molecule has 0 saturated heterocycles. The lowest BCUT2D eigenvalue weighted by Gasteiger charge is -2.15. The van der Waals surface area contributed by atoms with Crippen LogP contribution in [0.25, 0.3) is 0 Å². The van der Waals surface area contributed by atoms with Crippen LogP contribution in [0.15, 0.2) is 47.5 Å². The smallest absolute Gasteiger partial charge is 0.254 e. The molecule has 174 valence electrons. The van der Waals surface area contributed by atoms with Gasteiger partial charge in [0.1, 0.15) is 17.3 Å². The Bertz CT molecular complexity index is 899. The number of ether oxygens (including phenoxy) is 1. The van der Waals surface area contributed by atoms with E-state index in [2.05, 4.69) is 17.6 Å². The number of carbonyl (C=O) groups is 2. The van der Waals surface area contributed by atoms with Gasteiger partial charge in [0.2, 0.25) is 5.91 Å². The molecule has 0 radical (unpaired) electrons. The van der Waals surface area contributed by atoms with Gasteiger partial charge < -0.3 is 20.5 Å². The molecule has 3 rings (SSSR count). The predicted molar refractivity (Wildman–Crippen MR) is 129 cm³/mol. The van der Waals surface area contributed by atoms with Gasteiger partial charge in [0.15, 0.2) is 0 Å². The van der Waals surface area contributed by atoms with Crippen molar-refractivity contribution in [1.82, 2.24) is 5.32 Å². The zero-order chi connectivity index (χ0) is 23.7. The molecule has 1 saturated carbocycles. The van der Waals surface area contributed by atoms with Crippen molar-refractivity contribution in [1.29, 1.82) is 0 Å². The molecule has 0 aromatic heterocycles. The van der Waals surface area contributed by atoms with Crippen LogP contribution in [0.2, 0.25) is 0 Å². The van der Waals surface area contributed by atoms with Crippen LogP contribution >= 0.6 is 0 Å². The van der Waals surface area contributed by atoms with E-state index in [0.29, 0.717) is 17.2 Å². The second-order valence-electron chi connectivity index (χ2n) is 8.56. The SMILES string of the molecule is CC1CCCCC1.CNC(=O)C1=C(O)CC=CC(Oc2c(C)cc(NC(C)=O)cc2C)=C1. The van der Waals surface area contributed by atoms with Crippen LogP contribution < -0.4 is 15.4 Å². The van der Waals surface area contributed by atoms with Gasteiger partial charge in [-0.2, -0.15) is 0 Å². The zero-order valence-corrected chi connectivity index (χ0v) is 19.9. The summed E-state index contributed by atoms with van der Waals surface area (Å²) >= 11 is 0. The molecular formula is C26H36N2O4. The van der Waals surface area contributed by atoms with Crippen LogP contribution in [0.4, 0.5) is 5.69 Å². The van der Waals surface area contributed by atoms with Gasteiger partial charge in [0.25, 0.3) is 5.91 Å². The monoisotopic (exact) mass is 440 g/mol. The number of carbonyl (C=O) groups excluding carboxylic acids is 2. The molecule has 0 aliphatic heterocycles. The fraction of sp³-hybridized carbons (Fsp3) is 0.462. The molecule has 0 spiro atoms. The van der Waals surface area contributed by atoms with Crippen molar-refractivity contribution < 1.29 is 19.4 Å². The molecule has 1 aromatic rings. The van der Waals surface area contributed by atoms with E-state index >= 15 is 0 Å². The molecule has 2 aliphatic carbocycles. The number of anilines is 1. The van der Waals surface area contributed by atoms with Crippen LogP contribution in [0.1, 0.15) is 63.5 Å². The molecule has 6 nitrogen and oxygen atoms in total. The molecule has 32 heavy (non-hydrogen) atoms. The molecule has 1 aromatic carbocycles. The summed E-state index contributed by atoms with van der Waals surface area (Å²) < 4.78 is 5.97. The highest BCUT2D eigenvalue weighted by Gasteiger charge is 2.16. The molecule has 0 unspecified atom stereocenters. The zero-order valence-electron chi connectivity index (χ0n) is 19.9. The molecule has 3 N–H and O–H groups in total. The van der Waals surface area contributed by atoms with Crippen LogP contribution in [-0.2, 0) is 9.59 Å². The first kappa shape index (κ1) is 25.2. The lowest BCUT2D eigenvalue weighted by molar-refractivity contribution is -0.117. The second-order valence-corrected chi connectivity index (χ2v) is 8.56. The molecule has 2 aliphatic rings. The molecule has 6 heteroatoms. The number of rotatable bonds is 4. The number of aliphatic hydroxyl groups excluding tert-OH is 1. The van der Waals surface area contributed by atoms with Gasteiger partial charge in [-0.15, -0.1) is 0 Å². The number of aryl methyl sites for hydroxylation is 2. The first-order valence-electron chi connectivity index (χ1n) is 11.3. The summed E-state index contributed by atoms with van der Waals surface area (Å²) in [4.78, 5) is 23.1. The number of allylic oxidation sites excluding steroid dienone is 2. The maximum absolute atomic E-state index is 11.9. The fourth-order valence-electron chi connectivity index (χ4n) is 3.88. The molecule has 2 amide bonds. The van der Waals surface area contributed by atoms with E-state index in [1.807, 2.05) is 26.0 Å². The average molecular weight is 441 g/mol. The van der Waals surface area contributed by atoms with Gasteiger partial charge in [0.05, 0.1) is 5.57 Å². The third-order valence-electron chi connectivity index (χ3n) is 5.56. The van der Waals surface area contributed by atoms with E-state index in [4.69, 9.17) is 4.74 Å². The van der Waals surface area contributed by atoms with Gasteiger partial charge in [-0.25, -0.2) is 0 Å². The number of likely N-dealkylation sites (N-methyl/N-ethyl adjacent to an activating group) is 1. The number of hydrogen-bond donors (Lipinski definition) is 3. The maximum Gasteiger partial charge on any atom is 0.254 e. The maximum atomic E-state index is 11.9. The highest BCUT2D eigenvalue weighted by atomic mass is 16.5. The quantitative estimate of drug-likeness (QED) is 0.566. The highest BCUT2D eigenvalue weighted by molar-refractivity contribution is 5.96. The van der Waals surface area contributed by atoms with Crippen LogP contribution in [0, 0.1) is 19.8 Å². The van der Waals surface area contributed by atoms with E-state index in [1.54, 1.807) is 12.2 Å². The number of nitrogens with one attached hydrogen (secondary N) is 2. The Morgan fingerprint density at radius 2 is 1.72 bits per heavy atom. The molecular weight excluding hydrogens is 404 g/mol. The Kier molecular flexibility index (Phi) is 9.57. The van der Waals surface area contributed by atoms with E-state index < -0.39 is 0 Å². The predicted octanol–water partition coefficient (Wildman–Crippen LogP) is 5.63. The number of amides is 2. The van der Waals surface area contributed by atoms with Gasteiger partial charge in [0, 0.05) is 26.1 Å². The van der Waals surface area contributed by atoms with E-state index in [1.165, 1.54) is 52.2 Å². The van der Waals surface area contributed by atoms with Gasteiger partial charge in [-0.3, -0.25) is 9.59 Å². The lowest BCUT2D eigenvalue weighted by atomic mass is 9.91. The fourth-order valence-corrected chi connectivity index (χ4v) is 3.88. The summed E-state index contributed by atoms with van der Waals surface area (Å²) in [5.74, 6) is 1.59. The largest absolute Gasteiger partial charge is 0.511 e. The Morgan fingerprint density at radius 3 is 2.22 bits per heavy atom. The van der Waals surface area contributed by atoms with E-state index in [-0.39, 0.29) is 29.6 Å². The number of aliphatic hydroxyl groups is 1. The minimum Gasteiger partial charge on any atom is -0.511 e. The van der Waals surface area contributed by atoms with Crippen molar-refractivity contribution in [3.8, 4) is 5.75 Å². The van der Waals surface area contributed by atoms with Crippen molar-refractivity contribution in [2.75, 3.05) is 12.4 Å². The van der Waals surface area contributed by atoms with Crippen LogP contribution in [-0.4, -0.2) is 24.0 Å². The Morgan fingerprint density at radius 1 is 1.09 bits per heavy atom. The number of hydrogen-bond acceptors (Lipinski definition) is 4. The van der Waals surface area contributed by atoms with E-state index in [9.17, 15) is 14.7 Å². The molecule has 1 fully saturated rings. The summed E-state index contributed by atoms with van der Waals surface area (Å²) in [6, 6.07) is 3.63. The summed E-state index contributed by atoms with van der Waals surface area (Å²) in [6.45, 7) is 7.57. The number of benzene rings is 1. The molecule has 0 heterocycles. The lowest BCUT2D eigenvalue weighted by Crippen LogP contribution is -2.20. The Balaban J connectivity index is 0.000000439. The van der Waals surface area contributed by atoms with Crippen molar-refractivity contribution in [3.63, 3.8) is 0 Å². The first-order valence-corrected chi connectivity index (χ1v) is 11.3. The summed E-state index contributed by atoms with van der Waals surface area (Å²) in [7, 11) is 1.50. The van der Waals surface area contributed by atoms with Gasteiger partial charge in [-0.1, -0.05) is 45.1 Å². The highest BCUT2D eigenvalue weighted by Crippen LogP contribution is 2.30. The second kappa shape index (κ2) is 12.1. The normalized spacial score (nSPS) is 16.3. The van der Waals surface area contributed by atoms with Crippen molar-refractivity contribution in [2.24, 2.45) is 5.92 Å². The van der Waals surface area contributed by atoms with E-state index in [0.717, 1.165) is 17.0 Å². The minimum atomic E-state index is -0.378. The van der Waals surface area contributed by atoms with Crippen LogP contribution in [0.5, 0.6) is 5.75 Å². The Hall–Kier alpha value is -3.02. The average Bonchev–Trinajstić information content (AvgIpc) is 2.92. The standard InChI is InChI=1S/C19H22N2O4.C7H14/c1-11-8-14(21-13(3)22)9-12(2)18(11)25-15-6-5-7-17(23)16(10-15)19(24)20-4;1-7-5-3-2-4-6-7/h5-6,8-10,23H,7H2,1-4H3,(H,20,24)(H,21,22);7H,2-6H2,1H3. The summed E-state index contributed by atoms with van der Waals surface area (Å²) in [6.07, 6.45) is 12.6. The third-order valence-corrected chi connectivity index (χ3v) is 5.56. The summed E-state index contributed by atoms with van der Waals surface area (Å²) in [5, 5.41) is 15.2. The van der Waals surface area contributed by atoms with Crippen molar-refractivity contribution >= 4 is 17.5 Å². The topological polar surface area (TPSA) is 87.7 Å². The third kappa shape index (κ3) is 7.59. The minimum absolute atomic E-state index is 0.0105. The summed E-state index contributed by atoms with van der Waals surface area (Å²) in [5.41, 5.74) is 2.56. The molecule has 0 bridgehead atoms. The van der Waals surface area contributed by atoms with Crippen LogP contribution in [0.3, 0.4) is 0 Å². The van der Waals surface area contributed by atoms with Gasteiger partial charge in [-0.05, 0) is 55.2 Å². The first-order chi connectivity index (χ1) is 15.2. The van der Waals surface area contributed by atoms with Gasteiger partial charge >= 0.3 is 0 Å². The van der Waals surface area contributed by atoms with Crippen molar-refractivity contribution in [3.05, 3.63) is 58.6 Å².